The van der Waals surface area contributed by atoms with Gasteiger partial charge in [-0.2, -0.15) is 5.10 Å². The molecule has 0 saturated carbocycles. The molecular weight excluding hydrogens is 438 g/mol. The van der Waals surface area contributed by atoms with E-state index in [0.29, 0.717) is 41.7 Å². The first-order chi connectivity index (χ1) is 16.0. The number of aromatic nitrogens is 4. The van der Waals surface area contributed by atoms with Crippen molar-refractivity contribution in [1.29, 1.82) is 0 Å². The van der Waals surface area contributed by atoms with E-state index < -0.39 is 9.84 Å². The van der Waals surface area contributed by atoms with Crippen LogP contribution in [0.3, 0.4) is 0 Å². The fourth-order valence-corrected chi connectivity index (χ4v) is 5.56. The van der Waals surface area contributed by atoms with E-state index in [1.165, 1.54) is 0 Å². The average molecular weight is 462 g/mol. The van der Waals surface area contributed by atoms with Gasteiger partial charge in [0.05, 0.1) is 40.9 Å². The van der Waals surface area contributed by atoms with Crippen LogP contribution in [0.15, 0.2) is 67.1 Å². The smallest absolute Gasteiger partial charge is 0.252 e. The molecule has 0 bridgehead atoms. The summed E-state index contributed by atoms with van der Waals surface area (Å²) in [5.74, 6) is -0.0431. The molecule has 0 spiro atoms. The third kappa shape index (κ3) is 4.63. The van der Waals surface area contributed by atoms with Gasteiger partial charge in [-0.05, 0) is 36.6 Å². The maximum atomic E-state index is 13.3. The predicted octanol–water partition coefficient (Wildman–Crippen LogP) is 2.85. The lowest BCUT2D eigenvalue weighted by molar-refractivity contribution is 0.0936. The molecule has 0 radical (unpaired) electrons. The molecule has 0 unspecified atom stereocenters. The molecule has 1 aromatic carbocycles. The second-order valence-corrected chi connectivity index (χ2v) is 10.5. The van der Waals surface area contributed by atoms with Crippen LogP contribution in [0.2, 0.25) is 0 Å². The highest BCUT2D eigenvalue weighted by molar-refractivity contribution is 7.91. The number of hydrogen-bond acceptors (Lipinski definition) is 6. The molecule has 9 heteroatoms. The van der Waals surface area contributed by atoms with Crippen molar-refractivity contribution in [1.82, 2.24) is 25.1 Å². The van der Waals surface area contributed by atoms with Gasteiger partial charge < -0.3 is 5.32 Å². The lowest BCUT2D eigenvalue weighted by Gasteiger charge is -2.23. The van der Waals surface area contributed by atoms with Gasteiger partial charge in [0.25, 0.3) is 5.91 Å². The molecule has 1 amide bonds. The number of fused-ring (bicyclic) bond motifs is 1. The van der Waals surface area contributed by atoms with Gasteiger partial charge in [0.15, 0.2) is 5.65 Å². The summed E-state index contributed by atoms with van der Waals surface area (Å²) in [7, 11) is -3.00. The highest BCUT2D eigenvalue weighted by Crippen LogP contribution is 2.26. The second-order valence-electron chi connectivity index (χ2n) is 8.22. The van der Waals surface area contributed by atoms with Gasteiger partial charge >= 0.3 is 0 Å². The van der Waals surface area contributed by atoms with Crippen LogP contribution in [-0.4, -0.2) is 51.6 Å². The minimum Gasteiger partial charge on any atom is -0.349 e. The Hall–Kier alpha value is -3.59. The van der Waals surface area contributed by atoms with Gasteiger partial charge in [-0.25, -0.2) is 18.1 Å². The van der Waals surface area contributed by atoms with Crippen molar-refractivity contribution in [3.63, 3.8) is 0 Å². The summed E-state index contributed by atoms with van der Waals surface area (Å²) < 4.78 is 25.3. The van der Waals surface area contributed by atoms with Gasteiger partial charge in [-0.15, -0.1) is 0 Å². The van der Waals surface area contributed by atoms with Crippen molar-refractivity contribution in [3.05, 3.63) is 78.2 Å². The van der Waals surface area contributed by atoms with E-state index in [-0.39, 0.29) is 23.5 Å². The zero-order valence-electron chi connectivity index (χ0n) is 17.9. The van der Waals surface area contributed by atoms with Crippen LogP contribution in [0.25, 0.3) is 22.3 Å². The number of pyridine rings is 2. The lowest BCUT2D eigenvalue weighted by Crippen LogP contribution is -2.40. The van der Waals surface area contributed by atoms with Crippen LogP contribution in [0.4, 0.5) is 0 Å². The standard InChI is InChI=1S/C24H23N5O3S/c30-24(27-19-8-12-33(31,32)13-9-19)20-14-22(18-4-2-1-3-5-18)28-23-21(20)15-26-29(23)16-17-6-10-25-11-7-17/h1-7,10-11,14-15,19H,8-9,12-13,16H2,(H,27,30). The van der Waals surface area contributed by atoms with Gasteiger partial charge in [0.2, 0.25) is 0 Å². The molecule has 1 fully saturated rings. The Morgan fingerprint density at radius 2 is 1.79 bits per heavy atom. The van der Waals surface area contributed by atoms with E-state index in [0.717, 1.165) is 11.1 Å². The molecule has 1 aliphatic rings. The van der Waals surface area contributed by atoms with E-state index in [1.807, 2.05) is 42.5 Å². The number of amides is 1. The molecule has 0 atom stereocenters. The molecular formula is C24H23N5O3S. The van der Waals surface area contributed by atoms with E-state index in [2.05, 4.69) is 15.4 Å². The number of nitrogens with one attached hydrogen (secondary N) is 1. The van der Waals surface area contributed by atoms with Gasteiger partial charge in [-0.3, -0.25) is 9.78 Å². The fraction of sp³-hybridized carbons (Fsp3) is 0.250. The fourth-order valence-electron chi connectivity index (χ4n) is 4.07. The summed E-state index contributed by atoms with van der Waals surface area (Å²) >= 11 is 0. The van der Waals surface area contributed by atoms with Crippen molar-refractivity contribution in [2.24, 2.45) is 0 Å². The first kappa shape index (κ1) is 21.3. The molecule has 1 aliphatic heterocycles. The van der Waals surface area contributed by atoms with Crippen LogP contribution in [0.1, 0.15) is 28.8 Å². The number of sulfone groups is 1. The number of carbonyl (C=O) groups is 1. The monoisotopic (exact) mass is 461 g/mol. The van der Waals surface area contributed by atoms with Crippen molar-refractivity contribution >= 4 is 26.8 Å². The van der Waals surface area contributed by atoms with Gasteiger partial charge in [0, 0.05) is 24.0 Å². The van der Waals surface area contributed by atoms with Crippen LogP contribution in [-0.2, 0) is 16.4 Å². The second kappa shape index (κ2) is 8.74. The summed E-state index contributed by atoms with van der Waals surface area (Å²) in [5.41, 5.74) is 3.69. The molecule has 5 rings (SSSR count). The molecule has 8 nitrogen and oxygen atoms in total. The number of benzene rings is 1. The predicted molar refractivity (Wildman–Crippen MR) is 125 cm³/mol. The average Bonchev–Trinajstić information content (AvgIpc) is 3.23. The topological polar surface area (TPSA) is 107 Å². The van der Waals surface area contributed by atoms with E-state index in [1.54, 1.807) is 29.3 Å². The summed E-state index contributed by atoms with van der Waals surface area (Å²) in [6.45, 7) is 0.499. The van der Waals surface area contributed by atoms with Crippen molar-refractivity contribution < 1.29 is 13.2 Å². The Bertz CT molecular complexity index is 1390. The molecule has 33 heavy (non-hydrogen) atoms. The largest absolute Gasteiger partial charge is 0.349 e. The summed E-state index contributed by atoms with van der Waals surface area (Å²) in [5, 5.41) is 8.19. The number of rotatable bonds is 5. The molecule has 4 heterocycles. The Morgan fingerprint density at radius 3 is 2.52 bits per heavy atom. The van der Waals surface area contributed by atoms with Crippen molar-refractivity contribution in [2.45, 2.75) is 25.4 Å². The number of nitrogens with zero attached hydrogens (tertiary/aromatic N) is 4. The highest BCUT2D eigenvalue weighted by atomic mass is 32.2. The Kier molecular flexibility index (Phi) is 5.63. The summed E-state index contributed by atoms with van der Waals surface area (Å²) in [6, 6.07) is 15.1. The molecule has 1 saturated heterocycles. The third-order valence-electron chi connectivity index (χ3n) is 5.89. The maximum absolute atomic E-state index is 13.3. The molecule has 0 aliphatic carbocycles. The zero-order valence-corrected chi connectivity index (χ0v) is 18.7. The van der Waals surface area contributed by atoms with Crippen LogP contribution in [0.5, 0.6) is 0 Å². The quantitative estimate of drug-likeness (QED) is 0.490. The number of hydrogen-bond donors (Lipinski definition) is 1. The van der Waals surface area contributed by atoms with E-state index in [9.17, 15) is 13.2 Å². The maximum Gasteiger partial charge on any atom is 0.252 e. The van der Waals surface area contributed by atoms with E-state index in [4.69, 9.17) is 4.98 Å². The molecule has 3 aromatic heterocycles. The highest BCUT2D eigenvalue weighted by Gasteiger charge is 2.26. The van der Waals surface area contributed by atoms with Crippen LogP contribution in [0, 0.1) is 0 Å². The normalized spacial score (nSPS) is 16.0. The Labute approximate surface area is 191 Å². The number of carbonyl (C=O) groups excluding carboxylic acids is 1. The van der Waals surface area contributed by atoms with Crippen molar-refractivity contribution in [3.8, 4) is 11.3 Å². The molecule has 168 valence electrons. The molecule has 1 N–H and O–H groups in total. The minimum absolute atomic E-state index is 0.100. The SMILES string of the molecule is O=C(NC1CCS(=O)(=O)CC1)c1cc(-c2ccccc2)nc2c1cnn2Cc1ccncc1. The third-order valence-corrected chi connectivity index (χ3v) is 7.61. The van der Waals surface area contributed by atoms with Crippen LogP contribution >= 0.6 is 0 Å². The first-order valence-electron chi connectivity index (χ1n) is 10.8. The summed E-state index contributed by atoms with van der Waals surface area (Å²) in [4.78, 5) is 22.2. The lowest BCUT2D eigenvalue weighted by atomic mass is 10.1. The van der Waals surface area contributed by atoms with Gasteiger partial charge in [-0.1, -0.05) is 30.3 Å². The van der Waals surface area contributed by atoms with Crippen molar-refractivity contribution in [2.75, 3.05) is 11.5 Å². The Balaban J connectivity index is 1.53. The molecule has 4 aromatic rings. The zero-order chi connectivity index (χ0) is 22.8. The van der Waals surface area contributed by atoms with Gasteiger partial charge in [0.1, 0.15) is 9.84 Å². The summed E-state index contributed by atoms with van der Waals surface area (Å²) in [6.07, 6.45) is 5.98. The van der Waals surface area contributed by atoms with E-state index >= 15 is 0 Å². The van der Waals surface area contributed by atoms with Crippen LogP contribution < -0.4 is 5.32 Å². The minimum atomic E-state index is -3.00. The Morgan fingerprint density at radius 1 is 1.06 bits per heavy atom. The first-order valence-corrected chi connectivity index (χ1v) is 12.6.